The van der Waals surface area contributed by atoms with Gasteiger partial charge in [-0.15, -0.1) is 0 Å². The van der Waals surface area contributed by atoms with E-state index in [0.717, 1.165) is 0 Å². The van der Waals surface area contributed by atoms with Crippen LogP contribution < -0.4 is 5.32 Å². The lowest BCUT2D eigenvalue weighted by Gasteiger charge is -2.20. The minimum absolute atomic E-state index is 0.0454. The zero-order valence-electron chi connectivity index (χ0n) is 11.2. The molecule has 1 rings (SSSR count). The van der Waals surface area contributed by atoms with Crippen molar-refractivity contribution in [2.45, 2.75) is 19.9 Å². The third-order valence-corrected chi connectivity index (χ3v) is 3.32. The first-order chi connectivity index (χ1) is 8.73. The summed E-state index contributed by atoms with van der Waals surface area (Å²) in [5.74, 6) is -0.0668. The highest BCUT2D eigenvalue weighted by Gasteiger charge is 2.18. The van der Waals surface area contributed by atoms with Crippen LogP contribution in [0.25, 0.3) is 0 Å². The number of likely N-dealkylation sites (N-methyl/N-ethyl adjacent to an activating group) is 1. The lowest BCUT2D eigenvalue weighted by atomic mass is 10.1. The van der Waals surface area contributed by atoms with E-state index in [0.29, 0.717) is 15.7 Å². The lowest BCUT2D eigenvalue weighted by Crippen LogP contribution is -2.36. The first-order valence-corrected chi connectivity index (χ1v) is 6.45. The van der Waals surface area contributed by atoms with Gasteiger partial charge in [0.05, 0.1) is 4.92 Å². The summed E-state index contributed by atoms with van der Waals surface area (Å²) in [6, 6.07) is 2.68. The molecule has 0 radical (unpaired) electrons. The minimum Gasteiger partial charge on any atom is -0.373 e. The van der Waals surface area contributed by atoms with Gasteiger partial charge in [-0.1, -0.05) is 0 Å². The lowest BCUT2D eigenvalue weighted by molar-refractivity contribution is -0.385. The number of nitrogens with zero attached hydrogens (tertiary/aromatic N) is 2. The number of benzene rings is 1. The van der Waals surface area contributed by atoms with Crippen molar-refractivity contribution in [3.63, 3.8) is 0 Å². The Labute approximate surface area is 120 Å². The largest absolute Gasteiger partial charge is 0.373 e. The number of aryl methyl sites for hydroxylation is 1. The summed E-state index contributed by atoms with van der Waals surface area (Å²) >= 11 is 3.27. The minimum atomic E-state index is -0.432. The predicted octanol–water partition coefficient (Wildman–Crippen LogP) is 2.55. The third kappa shape index (κ3) is 3.66. The maximum atomic E-state index is 11.8. The van der Waals surface area contributed by atoms with Crippen molar-refractivity contribution >= 4 is 33.2 Å². The Morgan fingerprint density at radius 1 is 1.47 bits per heavy atom. The van der Waals surface area contributed by atoms with Crippen molar-refractivity contribution in [1.82, 2.24) is 4.90 Å². The van der Waals surface area contributed by atoms with E-state index < -0.39 is 11.0 Å². The number of rotatable bonds is 4. The van der Waals surface area contributed by atoms with Gasteiger partial charge in [-0.25, -0.2) is 0 Å². The number of carbonyl (C=O) groups excluding carboxylic acids is 1. The Kier molecular flexibility index (Phi) is 4.88. The van der Waals surface area contributed by atoms with Crippen LogP contribution in [0.4, 0.5) is 11.4 Å². The van der Waals surface area contributed by atoms with Gasteiger partial charge >= 0.3 is 0 Å². The summed E-state index contributed by atoms with van der Waals surface area (Å²) in [6.07, 6.45) is 0. The highest BCUT2D eigenvalue weighted by atomic mass is 79.9. The van der Waals surface area contributed by atoms with E-state index in [1.165, 1.54) is 11.0 Å². The molecule has 1 N–H and O–H groups in total. The standard InChI is InChI=1S/C12H16BrN3O3/c1-7-5-10(9(13)6-11(7)16(18)19)14-8(2)12(17)15(3)4/h5-6,8,14H,1-4H3/t8-/m0/s1. The van der Waals surface area contributed by atoms with Gasteiger partial charge in [-0.2, -0.15) is 0 Å². The molecular formula is C12H16BrN3O3. The number of hydrogen-bond acceptors (Lipinski definition) is 4. The van der Waals surface area contributed by atoms with Crippen LogP contribution in [0.3, 0.4) is 0 Å². The third-order valence-electron chi connectivity index (χ3n) is 2.67. The summed E-state index contributed by atoms with van der Waals surface area (Å²) in [6.45, 7) is 3.40. The maximum Gasteiger partial charge on any atom is 0.273 e. The summed E-state index contributed by atoms with van der Waals surface area (Å²) < 4.78 is 0.559. The molecule has 1 amide bonds. The molecule has 7 heteroatoms. The van der Waals surface area contributed by atoms with Gasteiger partial charge in [0.2, 0.25) is 5.91 Å². The van der Waals surface area contributed by atoms with Crippen molar-refractivity contribution in [2.75, 3.05) is 19.4 Å². The molecule has 0 bridgehead atoms. The number of halogens is 1. The Balaban J connectivity index is 3.00. The fourth-order valence-electron chi connectivity index (χ4n) is 1.66. The molecule has 0 fully saturated rings. The van der Waals surface area contributed by atoms with Crippen LogP contribution in [0.2, 0.25) is 0 Å². The van der Waals surface area contributed by atoms with Gasteiger partial charge in [0.15, 0.2) is 0 Å². The highest BCUT2D eigenvalue weighted by Crippen LogP contribution is 2.31. The Morgan fingerprint density at radius 2 is 2.05 bits per heavy atom. The first kappa shape index (κ1) is 15.4. The van der Waals surface area contributed by atoms with Gasteiger partial charge < -0.3 is 10.2 Å². The molecule has 104 valence electrons. The number of nitrogens with one attached hydrogen (secondary N) is 1. The fraction of sp³-hybridized carbons (Fsp3) is 0.417. The predicted molar refractivity (Wildman–Crippen MR) is 77.3 cm³/mol. The number of carbonyl (C=O) groups is 1. The summed E-state index contributed by atoms with van der Waals surface area (Å²) in [7, 11) is 3.35. The summed E-state index contributed by atoms with van der Waals surface area (Å²) in [5, 5.41) is 13.8. The van der Waals surface area contributed by atoms with Gasteiger partial charge in [0, 0.05) is 35.9 Å². The number of nitro benzene ring substituents is 1. The van der Waals surface area contributed by atoms with Gasteiger partial charge in [0.1, 0.15) is 6.04 Å². The van der Waals surface area contributed by atoms with Gasteiger partial charge in [-0.3, -0.25) is 14.9 Å². The second kappa shape index (κ2) is 6.01. The van der Waals surface area contributed by atoms with Crippen LogP contribution >= 0.6 is 15.9 Å². The molecule has 0 saturated heterocycles. The van der Waals surface area contributed by atoms with E-state index in [1.807, 2.05) is 0 Å². The van der Waals surface area contributed by atoms with E-state index in [2.05, 4.69) is 21.2 Å². The second-order valence-electron chi connectivity index (χ2n) is 4.47. The highest BCUT2D eigenvalue weighted by molar-refractivity contribution is 9.10. The molecular weight excluding hydrogens is 314 g/mol. The van der Waals surface area contributed by atoms with Gasteiger partial charge in [0.25, 0.3) is 5.69 Å². The van der Waals surface area contributed by atoms with Gasteiger partial charge in [-0.05, 0) is 35.8 Å². The fourth-order valence-corrected chi connectivity index (χ4v) is 2.11. The van der Waals surface area contributed by atoms with Crippen LogP contribution in [0.5, 0.6) is 0 Å². The van der Waals surface area contributed by atoms with Crippen LogP contribution in [0.15, 0.2) is 16.6 Å². The molecule has 1 atom stereocenters. The topological polar surface area (TPSA) is 75.5 Å². The molecule has 1 aromatic rings. The average Bonchev–Trinajstić information content (AvgIpc) is 2.31. The number of amides is 1. The van der Waals surface area contributed by atoms with E-state index >= 15 is 0 Å². The maximum absolute atomic E-state index is 11.8. The van der Waals surface area contributed by atoms with Crippen LogP contribution in [0.1, 0.15) is 12.5 Å². The molecule has 0 spiro atoms. The summed E-state index contributed by atoms with van der Waals surface area (Å²) in [5.41, 5.74) is 1.25. The van der Waals surface area contributed by atoms with Crippen molar-refractivity contribution in [3.05, 3.63) is 32.3 Å². The molecule has 0 aromatic heterocycles. The molecule has 0 heterocycles. The number of hydrogen-bond donors (Lipinski definition) is 1. The van der Waals surface area contributed by atoms with Crippen molar-refractivity contribution in [1.29, 1.82) is 0 Å². The average molecular weight is 330 g/mol. The molecule has 19 heavy (non-hydrogen) atoms. The monoisotopic (exact) mass is 329 g/mol. The Morgan fingerprint density at radius 3 is 2.53 bits per heavy atom. The Bertz CT molecular complexity index is 517. The van der Waals surface area contributed by atoms with E-state index in [1.54, 1.807) is 34.0 Å². The molecule has 0 aliphatic heterocycles. The normalized spacial score (nSPS) is 11.8. The summed E-state index contributed by atoms with van der Waals surface area (Å²) in [4.78, 5) is 23.6. The zero-order valence-corrected chi connectivity index (χ0v) is 12.8. The quantitative estimate of drug-likeness (QED) is 0.680. The number of anilines is 1. The van der Waals surface area contributed by atoms with Crippen molar-refractivity contribution < 1.29 is 9.72 Å². The first-order valence-electron chi connectivity index (χ1n) is 5.66. The molecule has 6 nitrogen and oxygen atoms in total. The van der Waals surface area contributed by atoms with E-state index in [9.17, 15) is 14.9 Å². The molecule has 0 aliphatic carbocycles. The van der Waals surface area contributed by atoms with Crippen LogP contribution in [-0.2, 0) is 4.79 Å². The van der Waals surface area contributed by atoms with Crippen LogP contribution in [-0.4, -0.2) is 35.9 Å². The second-order valence-corrected chi connectivity index (χ2v) is 5.33. The molecule has 0 aliphatic rings. The number of nitro groups is 1. The van der Waals surface area contributed by atoms with Crippen molar-refractivity contribution in [2.24, 2.45) is 0 Å². The van der Waals surface area contributed by atoms with E-state index in [4.69, 9.17) is 0 Å². The van der Waals surface area contributed by atoms with Crippen LogP contribution in [0, 0.1) is 17.0 Å². The molecule has 0 saturated carbocycles. The SMILES string of the molecule is Cc1cc(N[C@@H](C)C(=O)N(C)C)c(Br)cc1[N+](=O)[O-]. The molecule has 1 aromatic carbocycles. The zero-order chi connectivity index (χ0) is 14.7. The van der Waals surface area contributed by atoms with E-state index in [-0.39, 0.29) is 11.6 Å². The Hall–Kier alpha value is -1.63. The smallest absolute Gasteiger partial charge is 0.273 e. The van der Waals surface area contributed by atoms with Crippen molar-refractivity contribution in [3.8, 4) is 0 Å². The molecule has 0 unspecified atom stereocenters.